The number of esters is 1. The van der Waals surface area contributed by atoms with Crippen molar-refractivity contribution in [3.8, 4) is 5.75 Å². The molecule has 0 saturated carbocycles. The Labute approximate surface area is 115 Å². The van der Waals surface area contributed by atoms with Gasteiger partial charge < -0.3 is 9.47 Å². The number of rotatable bonds is 6. The Morgan fingerprint density at radius 2 is 1.84 bits per heavy atom. The first-order valence-electron chi connectivity index (χ1n) is 6.44. The van der Waals surface area contributed by atoms with Gasteiger partial charge in [-0.1, -0.05) is 12.1 Å². The van der Waals surface area contributed by atoms with Gasteiger partial charge in [0.25, 0.3) is 0 Å². The summed E-state index contributed by atoms with van der Waals surface area (Å²) in [6, 6.07) is 7.83. The molecule has 4 heteroatoms. The van der Waals surface area contributed by atoms with Crippen molar-refractivity contribution in [3.63, 3.8) is 0 Å². The highest BCUT2D eigenvalue weighted by molar-refractivity contribution is 5.79. The minimum atomic E-state index is -0.693. The molecule has 1 N–H and O–H groups in total. The van der Waals surface area contributed by atoms with Gasteiger partial charge in [-0.05, 0) is 45.4 Å². The van der Waals surface area contributed by atoms with Gasteiger partial charge in [-0.3, -0.25) is 10.1 Å². The van der Waals surface area contributed by atoms with E-state index in [4.69, 9.17) is 9.47 Å². The number of hydrogen-bond acceptors (Lipinski definition) is 4. The molecule has 4 nitrogen and oxygen atoms in total. The first-order valence-corrected chi connectivity index (χ1v) is 6.44. The molecule has 0 saturated heterocycles. The smallest absolute Gasteiger partial charge is 0.325 e. The van der Waals surface area contributed by atoms with E-state index in [9.17, 15) is 4.79 Å². The van der Waals surface area contributed by atoms with Crippen LogP contribution in [-0.2, 0) is 16.1 Å². The quantitative estimate of drug-likeness (QED) is 0.803. The van der Waals surface area contributed by atoms with E-state index < -0.39 is 5.54 Å². The van der Waals surface area contributed by atoms with Crippen molar-refractivity contribution in [3.05, 3.63) is 29.8 Å². The Bertz CT molecular complexity index is 410. The van der Waals surface area contributed by atoms with Gasteiger partial charge in [-0.25, -0.2) is 0 Å². The monoisotopic (exact) mass is 265 g/mol. The average Bonchev–Trinajstić information content (AvgIpc) is 2.36. The van der Waals surface area contributed by atoms with Gasteiger partial charge in [0.1, 0.15) is 11.3 Å². The van der Waals surface area contributed by atoms with E-state index in [1.165, 1.54) is 7.11 Å². The van der Waals surface area contributed by atoms with Gasteiger partial charge in [-0.2, -0.15) is 0 Å². The summed E-state index contributed by atoms with van der Waals surface area (Å²) in [6.45, 7) is 8.19. The molecule has 1 aromatic rings. The van der Waals surface area contributed by atoms with Crippen LogP contribution in [0.4, 0.5) is 0 Å². The summed E-state index contributed by atoms with van der Waals surface area (Å²) >= 11 is 0. The number of benzene rings is 1. The van der Waals surface area contributed by atoms with Crippen molar-refractivity contribution < 1.29 is 14.3 Å². The van der Waals surface area contributed by atoms with Crippen LogP contribution < -0.4 is 10.1 Å². The number of carbonyl (C=O) groups excluding carboxylic acids is 1. The van der Waals surface area contributed by atoms with Gasteiger partial charge >= 0.3 is 5.97 Å². The lowest BCUT2D eigenvalue weighted by Gasteiger charge is -2.23. The van der Waals surface area contributed by atoms with Crippen molar-refractivity contribution >= 4 is 5.97 Å². The maximum atomic E-state index is 11.5. The molecular weight excluding hydrogens is 242 g/mol. The third-order valence-corrected chi connectivity index (χ3v) is 2.73. The molecule has 0 aliphatic rings. The van der Waals surface area contributed by atoms with Crippen LogP contribution in [0.15, 0.2) is 24.3 Å². The standard InChI is InChI=1S/C15H23NO3/c1-11(2)19-13-8-6-12(7-9-13)10-16-15(3,4)14(17)18-5/h6-9,11,16H,10H2,1-5H3. The van der Waals surface area contributed by atoms with Crippen molar-refractivity contribution in [2.24, 2.45) is 0 Å². The topological polar surface area (TPSA) is 47.6 Å². The Balaban J connectivity index is 2.57. The molecule has 1 aromatic carbocycles. The summed E-state index contributed by atoms with van der Waals surface area (Å²) in [6.07, 6.45) is 0.169. The van der Waals surface area contributed by atoms with Crippen LogP contribution in [0.25, 0.3) is 0 Å². The number of hydrogen-bond donors (Lipinski definition) is 1. The second kappa shape index (κ2) is 6.57. The summed E-state index contributed by atoms with van der Waals surface area (Å²) in [7, 11) is 1.39. The minimum absolute atomic E-state index is 0.169. The molecule has 1 rings (SSSR count). The number of methoxy groups -OCH3 is 1. The Hall–Kier alpha value is -1.55. The van der Waals surface area contributed by atoms with Crippen molar-refractivity contribution in [1.29, 1.82) is 0 Å². The van der Waals surface area contributed by atoms with Crippen molar-refractivity contribution in [2.75, 3.05) is 7.11 Å². The highest BCUT2D eigenvalue weighted by Gasteiger charge is 2.27. The minimum Gasteiger partial charge on any atom is -0.491 e. The molecule has 0 fully saturated rings. The van der Waals surface area contributed by atoms with E-state index in [0.717, 1.165) is 11.3 Å². The zero-order valence-electron chi connectivity index (χ0n) is 12.3. The third kappa shape index (κ3) is 4.91. The first kappa shape index (κ1) is 15.5. The number of ether oxygens (including phenoxy) is 2. The van der Waals surface area contributed by atoms with Gasteiger partial charge in [0.15, 0.2) is 0 Å². The van der Waals surface area contributed by atoms with Gasteiger partial charge in [0.05, 0.1) is 13.2 Å². The Kier molecular flexibility index (Phi) is 5.36. The van der Waals surface area contributed by atoms with Crippen LogP contribution in [-0.4, -0.2) is 24.7 Å². The van der Waals surface area contributed by atoms with Crippen molar-refractivity contribution in [1.82, 2.24) is 5.32 Å². The predicted molar refractivity (Wildman–Crippen MR) is 75.1 cm³/mol. The molecule has 0 bridgehead atoms. The van der Waals surface area contributed by atoms with Crippen molar-refractivity contribution in [2.45, 2.75) is 45.9 Å². The molecule has 0 unspecified atom stereocenters. The fourth-order valence-electron chi connectivity index (χ4n) is 1.61. The second-order valence-electron chi connectivity index (χ2n) is 5.28. The van der Waals surface area contributed by atoms with Gasteiger partial charge in [0, 0.05) is 6.54 Å². The van der Waals surface area contributed by atoms with Crippen LogP contribution in [0.5, 0.6) is 5.75 Å². The van der Waals surface area contributed by atoms with Crippen LogP contribution in [0, 0.1) is 0 Å². The van der Waals surface area contributed by atoms with E-state index in [-0.39, 0.29) is 12.1 Å². The summed E-state index contributed by atoms with van der Waals surface area (Å²) < 4.78 is 10.3. The van der Waals surface area contributed by atoms with Crippen LogP contribution in [0.1, 0.15) is 33.3 Å². The van der Waals surface area contributed by atoms with Crippen LogP contribution in [0.2, 0.25) is 0 Å². The molecule has 0 radical (unpaired) electrons. The Morgan fingerprint density at radius 1 is 1.26 bits per heavy atom. The molecular formula is C15H23NO3. The maximum Gasteiger partial charge on any atom is 0.325 e. The lowest BCUT2D eigenvalue weighted by atomic mass is 10.1. The maximum absolute atomic E-state index is 11.5. The molecule has 0 aliphatic carbocycles. The van der Waals surface area contributed by atoms with E-state index in [1.54, 1.807) is 13.8 Å². The number of carbonyl (C=O) groups is 1. The first-order chi connectivity index (χ1) is 8.85. The fraction of sp³-hybridized carbons (Fsp3) is 0.533. The van der Waals surface area contributed by atoms with E-state index in [1.807, 2.05) is 38.1 Å². The van der Waals surface area contributed by atoms with Crippen LogP contribution >= 0.6 is 0 Å². The summed E-state index contributed by atoms with van der Waals surface area (Å²) in [5.41, 5.74) is 0.398. The molecule has 19 heavy (non-hydrogen) atoms. The van der Waals surface area contributed by atoms with Crippen LogP contribution in [0.3, 0.4) is 0 Å². The van der Waals surface area contributed by atoms with Gasteiger partial charge in [0.2, 0.25) is 0 Å². The summed E-state index contributed by atoms with van der Waals surface area (Å²) in [4.78, 5) is 11.5. The van der Waals surface area contributed by atoms with E-state index >= 15 is 0 Å². The highest BCUT2D eigenvalue weighted by atomic mass is 16.5. The van der Waals surface area contributed by atoms with E-state index in [0.29, 0.717) is 6.54 Å². The third-order valence-electron chi connectivity index (χ3n) is 2.73. The molecule has 0 heterocycles. The largest absolute Gasteiger partial charge is 0.491 e. The molecule has 0 spiro atoms. The number of nitrogens with one attached hydrogen (secondary N) is 1. The molecule has 0 amide bonds. The second-order valence-corrected chi connectivity index (χ2v) is 5.28. The fourth-order valence-corrected chi connectivity index (χ4v) is 1.61. The lowest BCUT2D eigenvalue weighted by molar-refractivity contribution is -0.147. The zero-order valence-corrected chi connectivity index (χ0v) is 12.3. The molecule has 106 valence electrons. The Morgan fingerprint density at radius 3 is 2.32 bits per heavy atom. The summed E-state index contributed by atoms with van der Waals surface area (Å²) in [5, 5.41) is 3.17. The SMILES string of the molecule is COC(=O)C(C)(C)NCc1ccc(OC(C)C)cc1. The predicted octanol–water partition coefficient (Wildman–Crippen LogP) is 2.52. The summed E-state index contributed by atoms with van der Waals surface area (Å²) in [5.74, 6) is 0.582. The zero-order chi connectivity index (χ0) is 14.5. The molecule has 0 aromatic heterocycles. The average molecular weight is 265 g/mol. The normalized spacial score (nSPS) is 11.5. The lowest BCUT2D eigenvalue weighted by Crippen LogP contribution is -2.46. The highest BCUT2D eigenvalue weighted by Crippen LogP contribution is 2.14. The van der Waals surface area contributed by atoms with E-state index in [2.05, 4.69) is 5.32 Å². The molecule has 0 aliphatic heterocycles. The molecule has 0 atom stereocenters. The van der Waals surface area contributed by atoms with Gasteiger partial charge in [-0.15, -0.1) is 0 Å².